The Bertz CT molecular complexity index is 3730. The molecule has 0 radical (unpaired) electrons. The van der Waals surface area contributed by atoms with Gasteiger partial charge in [-0.15, -0.1) is 11.3 Å². The van der Waals surface area contributed by atoms with Crippen LogP contribution in [0.1, 0.15) is 180 Å². The number of amides is 13. The molecule has 13 amide bonds. The zero-order valence-corrected chi connectivity index (χ0v) is 71.1. The molecule has 6 unspecified atom stereocenters. The summed E-state index contributed by atoms with van der Waals surface area (Å²) in [5.74, 6) is -3.95. The minimum absolute atomic E-state index is 0.0118. The molecule has 2 aliphatic heterocycles. The second-order valence-electron chi connectivity index (χ2n) is 30.6. The number of carbonyl (C=O) groups is 14. The van der Waals surface area contributed by atoms with Crippen molar-refractivity contribution in [2.75, 3.05) is 99.3 Å². The summed E-state index contributed by atoms with van der Waals surface area (Å²) in [5, 5.41) is 24.5. The molecule has 1 aromatic heterocycles. The van der Waals surface area contributed by atoms with E-state index in [0.29, 0.717) is 60.9 Å². The fourth-order valence-corrected chi connectivity index (χ4v) is 13.3. The average Bonchev–Trinajstić information content (AvgIpc) is 1.20. The number of likely N-dealkylation sites (tertiary alicyclic amines) is 1. The van der Waals surface area contributed by atoms with E-state index in [1.165, 1.54) is 39.9 Å². The number of carbonyl (C=O) groups excluding carboxylic acids is 14. The topological polar surface area (TPSA) is 436 Å². The second-order valence-corrected chi connectivity index (χ2v) is 31.5. The quantitative estimate of drug-likeness (QED) is 0.00981. The average molecular weight is 1650 g/mol. The summed E-state index contributed by atoms with van der Waals surface area (Å²) in [6, 6.07) is 9.85. The Labute approximate surface area is 685 Å². The van der Waals surface area contributed by atoms with E-state index in [1.807, 2.05) is 77.8 Å². The number of benzene rings is 2. The molecule has 1 fully saturated rings. The van der Waals surface area contributed by atoms with Gasteiger partial charge in [0.1, 0.15) is 41.7 Å². The number of nitrogens with zero attached hydrogens (tertiary/aromatic N) is 6. The zero-order valence-electron chi connectivity index (χ0n) is 70.3. The maximum absolute atomic E-state index is 14.8. The van der Waals surface area contributed by atoms with Crippen molar-refractivity contribution in [1.29, 1.82) is 0 Å². The first-order valence-corrected chi connectivity index (χ1v) is 40.6. The van der Waals surface area contributed by atoms with Gasteiger partial charge in [0.05, 0.1) is 25.7 Å². The van der Waals surface area contributed by atoms with E-state index in [1.54, 1.807) is 64.7 Å². The predicted octanol–water partition coefficient (Wildman–Crippen LogP) is 6.33. The highest BCUT2D eigenvalue weighted by atomic mass is 32.1. The number of ether oxygens (including phenoxy) is 5. The number of likely N-dealkylation sites (N-methyl/N-ethyl adjacent to an activating group) is 3. The third kappa shape index (κ3) is 35.4. The van der Waals surface area contributed by atoms with E-state index in [-0.39, 0.29) is 143 Å². The van der Waals surface area contributed by atoms with Crippen molar-refractivity contribution in [1.82, 2.24) is 66.7 Å². The molecule has 116 heavy (non-hydrogen) atoms. The summed E-state index contributed by atoms with van der Waals surface area (Å²) in [7, 11) is 6.75. The van der Waals surface area contributed by atoms with Crippen LogP contribution in [0.2, 0.25) is 0 Å². The molecule has 644 valence electrons. The molecule has 3 aromatic rings. The van der Waals surface area contributed by atoms with Gasteiger partial charge in [-0.3, -0.25) is 62.5 Å². The first-order valence-electron chi connectivity index (χ1n) is 39.7. The molecule has 8 atom stereocenters. The minimum Gasteiger partial charge on any atom is -0.497 e. The van der Waals surface area contributed by atoms with Gasteiger partial charge in [-0.1, -0.05) is 106 Å². The molecule has 3 heterocycles. The largest absolute Gasteiger partial charge is 0.497 e. The Morgan fingerprint density at radius 3 is 1.97 bits per heavy atom. The molecule has 1 saturated heterocycles. The molecule has 5 rings (SSSR count). The summed E-state index contributed by atoms with van der Waals surface area (Å²) in [5.41, 5.74) is 7.49. The molecule has 2 aromatic carbocycles. The van der Waals surface area contributed by atoms with Gasteiger partial charge in [0, 0.05) is 122 Å². The van der Waals surface area contributed by atoms with Crippen molar-refractivity contribution in [2.24, 2.45) is 35.3 Å². The van der Waals surface area contributed by atoms with Gasteiger partial charge >= 0.3 is 30.2 Å². The Hall–Kier alpha value is -10.3. The number of piperidine rings is 1. The maximum Gasteiger partial charge on any atom is 0.409 e. The molecule has 0 aliphatic carbocycles. The van der Waals surface area contributed by atoms with Gasteiger partial charge in [0.15, 0.2) is 12.8 Å². The molecular formula is C81H125N15O19S. The first-order chi connectivity index (χ1) is 54.9. The molecule has 34 nitrogen and oxygen atoms in total. The van der Waals surface area contributed by atoms with Crippen LogP contribution in [0.15, 0.2) is 66.1 Å². The van der Waals surface area contributed by atoms with Crippen molar-refractivity contribution in [3.63, 3.8) is 0 Å². The van der Waals surface area contributed by atoms with Crippen LogP contribution in [0.5, 0.6) is 5.75 Å². The fourth-order valence-electron chi connectivity index (χ4n) is 12.5. The summed E-state index contributed by atoms with van der Waals surface area (Å²) >= 11 is 1.20. The molecule has 2 aliphatic rings. The van der Waals surface area contributed by atoms with E-state index in [4.69, 9.17) is 29.4 Å². The number of thiazole rings is 1. The highest BCUT2D eigenvalue weighted by molar-refractivity contribution is 7.09. The standard InChI is InChI=1S/C44H69N5O8S.C37H56N10O11/c1-12-30(8)40(47-42(53)36-15-13-14-20-48(36)10)44(54)49(26-56-39(51)22-28(4)5)37(29(6)7)24-38(57-31(9)50)43-46-35(25-58-43)41(52)45-33(21-27(2)3)23-32-16-18-34(55-11)19-17-32;1-24(2)32(40-16-17-42-36(55)57-22-18-39-29(49)14-19-47-30(50)12-13-31(47)51)34(53)44-28(7-6-15-41-35(38)54)33(52)43-27-10-8-26(9-11-27)23-58-37(56)46(5)21-20-45(4)25(3)48/h16-19,25,27-30,33,36-38,40H,12-15,20-24,26H2,1-11H3,(H,45,52)(H,47,53);8-13,24,28,32,40H,6-7,14-23H2,1-5H3,(H,39,49)(H,42,55)(H,43,52)(H,44,53)(H3,38,41,54)/t;28-,32-/m.0/s1. The molecular weight excluding hydrogens is 1520 g/mol. The van der Waals surface area contributed by atoms with E-state index in [0.717, 1.165) is 54.2 Å². The van der Waals surface area contributed by atoms with E-state index in [2.05, 4.69) is 61.4 Å². The van der Waals surface area contributed by atoms with Gasteiger partial charge < -0.3 is 86.7 Å². The lowest BCUT2D eigenvalue weighted by Crippen LogP contribution is -2.59. The number of esters is 2. The SMILES string of the molecule is CC(=O)N(C)CCN(C)C(=O)OCc1ccc(NC(=O)[C@H](CCCNC(N)=O)NC(=O)[C@@H](NCCNC(=O)OCCNC(=O)CCN2C(=O)C=CC2=O)C(C)C)cc1.CCC(C)C(NC(=O)C1CCCCN1C)C(=O)N(COC(=O)CC(C)C)C(CC(OC(C)=O)c1nc(C(=O)NC(Cc2ccc(OC)cc2)CC(C)C)cs1)C(C)C. The van der Waals surface area contributed by atoms with Crippen LogP contribution in [0, 0.1) is 29.6 Å². The van der Waals surface area contributed by atoms with Crippen LogP contribution in [-0.4, -0.2) is 243 Å². The number of nitrogens with two attached hydrogens (primary N) is 1. The van der Waals surface area contributed by atoms with Crippen molar-refractivity contribution < 1.29 is 90.8 Å². The number of rotatable bonds is 46. The van der Waals surface area contributed by atoms with Gasteiger partial charge in [-0.05, 0) is 117 Å². The number of hydrogen-bond donors (Lipinski definition) is 9. The maximum atomic E-state index is 14.8. The van der Waals surface area contributed by atoms with Gasteiger partial charge in [-0.2, -0.15) is 0 Å². The van der Waals surface area contributed by atoms with Gasteiger partial charge in [0.2, 0.25) is 35.4 Å². The fraction of sp³-hybridized carbons (Fsp3) is 0.617. The number of alkyl carbamates (subject to hydrolysis) is 1. The number of nitrogens with one attached hydrogen (secondary N) is 8. The van der Waals surface area contributed by atoms with E-state index < -0.39 is 90.0 Å². The molecule has 10 N–H and O–H groups in total. The lowest BCUT2D eigenvalue weighted by molar-refractivity contribution is -0.161. The van der Waals surface area contributed by atoms with Crippen molar-refractivity contribution in [3.8, 4) is 5.75 Å². The number of methoxy groups -OCH3 is 1. The number of anilines is 1. The summed E-state index contributed by atoms with van der Waals surface area (Å²) in [4.78, 5) is 189. The Morgan fingerprint density at radius 2 is 1.38 bits per heavy atom. The number of aromatic nitrogens is 1. The summed E-state index contributed by atoms with van der Waals surface area (Å²) in [6.07, 6.45) is 5.32. The molecule has 35 heteroatoms. The molecule has 0 saturated carbocycles. The van der Waals surface area contributed by atoms with Crippen molar-refractivity contribution >= 4 is 100 Å². The second kappa shape index (κ2) is 50.9. The van der Waals surface area contributed by atoms with Crippen LogP contribution in [0.25, 0.3) is 0 Å². The first kappa shape index (κ1) is 98.1. The smallest absolute Gasteiger partial charge is 0.409 e. The molecule has 0 bridgehead atoms. The molecule has 0 spiro atoms. The third-order valence-electron chi connectivity index (χ3n) is 19.4. The van der Waals surface area contributed by atoms with Crippen molar-refractivity contribution in [2.45, 2.75) is 203 Å². The zero-order chi connectivity index (χ0) is 86.3. The lowest BCUT2D eigenvalue weighted by Gasteiger charge is -2.39. The van der Waals surface area contributed by atoms with Crippen LogP contribution in [-0.2, 0) is 79.9 Å². The Morgan fingerprint density at radius 1 is 0.716 bits per heavy atom. The lowest BCUT2D eigenvalue weighted by atomic mass is 9.92. The minimum atomic E-state index is -1.00. The van der Waals surface area contributed by atoms with E-state index in [9.17, 15) is 67.1 Å². The van der Waals surface area contributed by atoms with Crippen LogP contribution in [0.3, 0.4) is 0 Å². The number of imide groups is 1. The predicted molar refractivity (Wildman–Crippen MR) is 436 cm³/mol. The van der Waals surface area contributed by atoms with Gasteiger partial charge in [-0.25, -0.2) is 19.4 Å². The van der Waals surface area contributed by atoms with Crippen LogP contribution < -0.4 is 53.0 Å². The van der Waals surface area contributed by atoms with Crippen LogP contribution in [0.4, 0.5) is 20.1 Å². The number of hydrogen-bond acceptors (Lipinski definition) is 23. The Kier molecular flexibility index (Phi) is 43.1. The number of urea groups is 1. The Balaban J connectivity index is 0.000000488. The highest BCUT2D eigenvalue weighted by Crippen LogP contribution is 2.33. The summed E-state index contributed by atoms with van der Waals surface area (Å²) < 4.78 is 27.3. The van der Waals surface area contributed by atoms with Crippen LogP contribution >= 0.6 is 11.3 Å². The van der Waals surface area contributed by atoms with Crippen molar-refractivity contribution in [3.05, 3.63) is 87.9 Å². The monoisotopic (exact) mass is 1640 g/mol. The third-order valence-corrected chi connectivity index (χ3v) is 20.3. The van der Waals surface area contributed by atoms with E-state index >= 15 is 0 Å². The number of primary amides is 1. The normalized spacial score (nSPS) is 15.1. The van der Waals surface area contributed by atoms with Gasteiger partial charge in [0.25, 0.3) is 17.7 Å². The summed E-state index contributed by atoms with van der Waals surface area (Å²) in [6.45, 7) is 23.5. The highest BCUT2D eigenvalue weighted by Gasteiger charge is 2.40.